The van der Waals surface area contributed by atoms with Gasteiger partial charge in [-0.15, -0.1) is 0 Å². The van der Waals surface area contributed by atoms with Gasteiger partial charge in [-0.05, 0) is 79.0 Å². The minimum atomic E-state index is -0.434. The van der Waals surface area contributed by atoms with E-state index in [0.29, 0.717) is 30.3 Å². The van der Waals surface area contributed by atoms with E-state index in [-0.39, 0.29) is 0 Å². The highest BCUT2D eigenvalue weighted by atomic mass is 32.1. The zero-order valence-corrected chi connectivity index (χ0v) is 35.5. The summed E-state index contributed by atoms with van der Waals surface area (Å²) in [5, 5.41) is 0. The van der Waals surface area contributed by atoms with E-state index in [1.54, 1.807) is 6.07 Å². The van der Waals surface area contributed by atoms with Gasteiger partial charge in [0.05, 0.1) is 19.8 Å². The van der Waals surface area contributed by atoms with Gasteiger partial charge in [-0.3, -0.25) is 0 Å². The van der Waals surface area contributed by atoms with Crippen molar-refractivity contribution in [3.8, 4) is 34.1 Å². The van der Waals surface area contributed by atoms with Crippen LogP contribution in [0.2, 0.25) is 0 Å². The quantitative estimate of drug-likeness (QED) is 0.0283. The van der Waals surface area contributed by atoms with E-state index < -0.39 is 5.97 Å². The SMILES string of the molecule is CCCCCCCCCCCOc1ccc(-c2ccc(OC(=O)c3ccc(OCCCCCCCC)cc3OCCCCCCCCCCCS)cc2)cc1. The van der Waals surface area contributed by atoms with Gasteiger partial charge in [0.1, 0.15) is 28.6 Å². The van der Waals surface area contributed by atoms with Crippen LogP contribution in [0, 0.1) is 0 Å². The van der Waals surface area contributed by atoms with E-state index in [1.807, 2.05) is 48.5 Å². The van der Waals surface area contributed by atoms with Gasteiger partial charge in [0.15, 0.2) is 0 Å². The summed E-state index contributed by atoms with van der Waals surface area (Å²) in [4.78, 5) is 13.5. The maximum atomic E-state index is 13.5. The molecule has 0 spiro atoms. The first-order valence-corrected chi connectivity index (χ1v) is 22.8. The Balaban J connectivity index is 1.47. The smallest absolute Gasteiger partial charge is 0.347 e. The van der Waals surface area contributed by atoms with Crippen molar-refractivity contribution < 1.29 is 23.7 Å². The van der Waals surface area contributed by atoms with Crippen molar-refractivity contribution in [3.63, 3.8) is 0 Å². The van der Waals surface area contributed by atoms with Gasteiger partial charge in [-0.1, -0.05) is 167 Å². The fraction of sp³-hybridized carbons (Fsp3) is 0.612. The summed E-state index contributed by atoms with van der Waals surface area (Å²) >= 11 is 4.30. The topological polar surface area (TPSA) is 54.0 Å². The molecule has 0 aliphatic rings. The van der Waals surface area contributed by atoms with Gasteiger partial charge in [0.25, 0.3) is 0 Å². The molecule has 0 atom stereocenters. The maximum absolute atomic E-state index is 13.5. The van der Waals surface area contributed by atoms with Crippen LogP contribution in [0.15, 0.2) is 66.7 Å². The van der Waals surface area contributed by atoms with Crippen LogP contribution in [-0.2, 0) is 0 Å². The average molecular weight is 775 g/mol. The van der Waals surface area contributed by atoms with Crippen LogP contribution in [0.3, 0.4) is 0 Å². The Morgan fingerprint density at radius 1 is 0.436 bits per heavy atom. The second-order valence-electron chi connectivity index (χ2n) is 15.1. The standard InChI is InChI=1S/C49H74O5S/c1-3-5-7-9-11-13-16-20-23-37-51-44-31-27-42(28-32-44)43-29-33-45(34-30-43)54-49(50)47-36-35-46(52-38-24-19-10-8-6-4-2)41-48(47)53-39-25-21-17-14-12-15-18-22-26-40-55/h27-36,41,55H,3-26,37-40H2,1-2H3. The number of unbranched alkanes of at least 4 members (excludes halogenated alkanes) is 21. The number of rotatable bonds is 34. The normalized spacial score (nSPS) is 11.1. The first-order valence-electron chi connectivity index (χ1n) is 22.2. The molecule has 0 heterocycles. The molecule has 3 aromatic rings. The molecule has 5 nitrogen and oxygen atoms in total. The molecule has 3 rings (SSSR count). The minimum absolute atomic E-state index is 0.412. The fourth-order valence-electron chi connectivity index (χ4n) is 6.81. The fourth-order valence-corrected chi connectivity index (χ4v) is 7.03. The minimum Gasteiger partial charge on any atom is -0.494 e. The molecule has 0 saturated heterocycles. The van der Waals surface area contributed by atoms with E-state index in [0.717, 1.165) is 60.7 Å². The Labute approximate surface area is 341 Å². The number of hydrogen-bond donors (Lipinski definition) is 1. The zero-order chi connectivity index (χ0) is 39.0. The van der Waals surface area contributed by atoms with Crippen LogP contribution in [-0.4, -0.2) is 31.5 Å². The summed E-state index contributed by atoms with van der Waals surface area (Å²) in [6.07, 6.45) is 30.0. The number of carbonyl (C=O) groups is 1. The molecule has 306 valence electrons. The number of hydrogen-bond acceptors (Lipinski definition) is 6. The molecule has 0 saturated carbocycles. The Morgan fingerprint density at radius 3 is 1.29 bits per heavy atom. The van der Waals surface area contributed by atoms with Crippen molar-refractivity contribution >= 4 is 18.6 Å². The van der Waals surface area contributed by atoms with E-state index in [2.05, 4.69) is 38.6 Å². The van der Waals surface area contributed by atoms with Gasteiger partial charge < -0.3 is 18.9 Å². The summed E-state index contributed by atoms with van der Waals surface area (Å²) in [5.41, 5.74) is 2.55. The molecule has 0 fully saturated rings. The van der Waals surface area contributed by atoms with Crippen LogP contribution in [0.4, 0.5) is 0 Å². The number of benzene rings is 3. The Bertz CT molecular complexity index is 1370. The Hall–Kier alpha value is -3.12. The van der Waals surface area contributed by atoms with Crippen LogP contribution in [0.5, 0.6) is 23.0 Å². The molecule has 55 heavy (non-hydrogen) atoms. The maximum Gasteiger partial charge on any atom is 0.347 e. The first-order chi connectivity index (χ1) is 27.1. The largest absolute Gasteiger partial charge is 0.494 e. The lowest BCUT2D eigenvalue weighted by Gasteiger charge is -2.14. The Morgan fingerprint density at radius 2 is 0.818 bits per heavy atom. The summed E-state index contributed by atoms with van der Waals surface area (Å²) in [7, 11) is 0. The third kappa shape index (κ3) is 21.1. The predicted molar refractivity (Wildman–Crippen MR) is 236 cm³/mol. The molecule has 0 aliphatic heterocycles. The van der Waals surface area contributed by atoms with Crippen LogP contribution >= 0.6 is 12.6 Å². The molecule has 0 aromatic heterocycles. The van der Waals surface area contributed by atoms with E-state index in [1.165, 1.54) is 128 Å². The molecule has 0 amide bonds. The van der Waals surface area contributed by atoms with Gasteiger partial charge in [0.2, 0.25) is 0 Å². The van der Waals surface area contributed by atoms with E-state index in [4.69, 9.17) is 18.9 Å². The second kappa shape index (κ2) is 31.0. The zero-order valence-electron chi connectivity index (χ0n) is 34.6. The highest BCUT2D eigenvalue weighted by Gasteiger charge is 2.17. The molecule has 0 N–H and O–H groups in total. The molecule has 0 aliphatic carbocycles. The number of thiol groups is 1. The molecular formula is C49H74O5S. The van der Waals surface area contributed by atoms with Crippen LogP contribution in [0.25, 0.3) is 11.1 Å². The first kappa shape index (κ1) is 46.3. The summed E-state index contributed by atoms with van der Waals surface area (Å²) in [6.45, 7) is 6.48. The third-order valence-electron chi connectivity index (χ3n) is 10.3. The van der Waals surface area contributed by atoms with Crippen molar-refractivity contribution in [1.29, 1.82) is 0 Å². The summed E-state index contributed by atoms with van der Waals surface area (Å²) < 4.78 is 24.2. The van der Waals surface area contributed by atoms with Crippen LogP contribution in [0.1, 0.15) is 178 Å². The lowest BCUT2D eigenvalue weighted by Crippen LogP contribution is -2.12. The van der Waals surface area contributed by atoms with Crippen molar-refractivity contribution in [2.24, 2.45) is 0 Å². The third-order valence-corrected chi connectivity index (χ3v) is 10.6. The highest BCUT2D eigenvalue weighted by Crippen LogP contribution is 2.29. The average Bonchev–Trinajstić information content (AvgIpc) is 3.21. The molecule has 0 bridgehead atoms. The second-order valence-corrected chi connectivity index (χ2v) is 15.6. The van der Waals surface area contributed by atoms with Gasteiger partial charge >= 0.3 is 5.97 Å². The summed E-state index contributed by atoms with van der Waals surface area (Å²) in [5.74, 6) is 3.20. The monoisotopic (exact) mass is 775 g/mol. The van der Waals surface area contributed by atoms with Crippen molar-refractivity contribution in [1.82, 2.24) is 0 Å². The van der Waals surface area contributed by atoms with Crippen LogP contribution < -0.4 is 18.9 Å². The molecule has 3 aromatic carbocycles. The van der Waals surface area contributed by atoms with Gasteiger partial charge in [-0.2, -0.15) is 12.6 Å². The van der Waals surface area contributed by atoms with Gasteiger partial charge in [0, 0.05) is 6.07 Å². The lowest BCUT2D eigenvalue weighted by molar-refractivity contribution is 0.0730. The lowest BCUT2D eigenvalue weighted by atomic mass is 10.1. The molecule has 6 heteroatoms. The van der Waals surface area contributed by atoms with Crippen molar-refractivity contribution in [2.75, 3.05) is 25.6 Å². The van der Waals surface area contributed by atoms with E-state index >= 15 is 0 Å². The number of esters is 1. The Kier molecular flexibility index (Phi) is 26.1. The van der Waals surface area contributed by atoms with Crippen molar-refractivity contribution in [2.45, 2.75) is 168 Å². The predicted octanol–water partition coefficient (Wildman–Crippen LogP) is 15.0. The van der Waals surface area contributed by atoms with Crippen molar-refractivity contribution in [3.05, 3.63) is 72.3 Å². The highest BCUT2D eigenvalue weighted by molar-refractivity contribution is 7.80. The molecule has 0 unspecified atom stereocenters. The van der Waals surface area contributed by atoms with Gasteiger partial charge in [-0.25, -0.2) is 4.79 Å². The number of carbonyl (C=O) groups excluding carboxylic acids is 1. The van der Waals surface area contributed by atoms with E-state index in [9.17, 15) is 4.79 Å². The molecular weight excluding hydrogens is 701 g/mol. The summed E-state index contributed by atoms with van der Waals surface area (Å²) in [6, 6.07) is 21.4. The number of ether oxygens (including phenoxy) is 4. The molecule has 0 radical (unpaired) electrons.